The quantitative estimate of drug-likeness (QED) is 0.223. The molecule has 346 valence electrons. The molecule has 3 saturated heterocycles. The van der Waals surface area contributed by atoms with E-state index in [0.717, 1.165) is 33.5 Å². The molecule has 0 unspecified atom stereocenters. The Kier molecular flexibility index (Phi) is 14.3. The Balaban J connectivity index is 1.24. The summed E-state index contributed by atoms with van der Waals surface area (Å²) in [4.78, 5) is 89.1. The van der Waals surface area contributed by atoms with Crippen LogP contribution in [0.4, 0.5) is 5.95 Å². The van der Waals surface area contributed by atoms with Gasteiger partial charge >= 0.3 is 5.97 Å². The smallest absolute Gasteiger partial charge is 0.324 e. The number of anilines is 1. The van der Waals surface area contributed by atoms with Gasteiger partial charge in [0.1, 0.15) is 18.1 Å². The van der Waals surface area contributed by atoms with E-state index in [2.05, 4.69) is 47.6 Å². The molecule has 7 heterocycles. The van der Waals surface area contributed by atoms with Gasteiger partial charge in [0.2, 0.25) is 23.7 Å². The summed E-state index contributed by atoms with van der Waals surface area (Å²) in [6, 6.07) is 1.15. The number of pyridine rings is 1. The number of hydrazine groups is 1. The molecule has 4 amide bonds. The lowest BCUT2D eigenvalue weighted by atomic mass is 9.85. The molecule has 5 atom stereocenters. The van der Waals surface area contributed by atoms with E-state index in [9.17, 15) is 24.0 Å². The van der Waals surface area contributed by atoms with Crippen LogP contribution in [-0.4, -0.2) is 148 Å². The van der Waals surface area contributed by atoms with Gasteiger partial charge in [-0.05, 0) is 56.7 Å². The fourth-order valence-electron chi connectivity index (χ4n) is 9.67. The molecule has 3 fully saturated rings. The zero-order chi connectivity index (χ0) is 45.9. The second kappa shape index (κ2) is 19.7. The van der Waals surface area contributed by atoms with Crippen molar-refractivity contribution < 1.29 is 38.2 Å². The second-order valence-electron chi connectivity index (χ2n) is 18.5. The lowest BCUT2D eigenvalue weighted by molar-refractivity contribution is -0.156. The summed E-state index contributed by atoms with van der Waals surface area (Å²) in [6.45, 7) is 16.6. The fraction of sp³-hybridized carbons (Fsp3) is 0.609. The van der Waals surface area contributed by atoms with E-state index in [0.29, 0.717) is 77.6 Å². The minimum atomic E-state index is -1.09. The average Bonchev–Trinajstić information content (AvgIpc) is 3.90. The number of nitrogens with zero attached hydrogens (tertiary/aromatic N) is 8. The number of amides is 4. The molecule has 3 aromatic heterocycles. The molecule has 0 aliphatic carbocycles. The van der Waals surface area contributed by atoms with Crippen molar-refractivity contribution >= 4 is 46.6 Å². The molecule has 4 aliphatic rings. The summed E-state index contributed by atoms with van der Waals surface area (Å²) in [5.41, 5.74) is 7.86. The number of fused-ring (bicyclic) bond motifs is 6. The molecule has 0 radical (unpaired) electrons. The molecule has 0 spiro atoms. The van der Waals surface area contributed by atoms with Gasteiger partial charge in [-0.15, -0.1) is 0 Å². The first-order chi connectivity index (χ1) is 30.6. The molecule has 2 N–H and O–H groups in total. The van der Waals surface area contributed by atoms with Crippen LogP contribution in [-0.2, 0) is 57.8 Å². The number of esters is 1. The van der Waals surface area contributed by atoms with Gasteiger partial charge in [0.05, 0.1) is 60.5 Å². The Morgan fingerprint density at radius 3 is 2.67 bits per heavy atom. The minimum Gasteiger partial charge on any atom is -0.464 e. The van der Waals surface area contributed by atoms with Gasteiger partial charge in [-0.2, -0.15) is 0 Å². The zero-order valence-corrected chi connectivity index (χ0v) is 38.3. The SMILES string of the molecule is C=CC(=O)N1CC[C@H](C(=O)N(C)[C@H](C(=O)N[C@H]2C[C@H]3CN(CCO3)c3ncc4c(n3)c(c(-c3cccnc3COC)n4CC)CC(C)(C)COC(=O)[C@@H]3CCCN(N3)C2=O)C(C)C)C1. The van der Waals surface area contributed by atoms with Crippen LogP contribution in [0.5, 0.6) is 0 Å². The molecule has 18 heteroatoms. The molecule has 64 heavy (non-hydrogen) atoms. The molecule has 4 aliphatic heterocycles. The summed E-state index contributed by atoms with van der Waals surface area (Å²) >= 11 is 0. The standard InChI is InChI=1S/C46H64N10O8/c1-9-37(57)53-18-15-29(24-53)42(59)52(7)39(28(3)4)41(58)49-34-21-30-25-54(19-20-63-30)45-48-23-36-38(50-45)32(40(55(36)10-2)31-13-11-16-47-35(31)26-62-8)22-46(5,6)27-64-44(61)33-14-12-17-56(51-33)43(34)60/h9,11,13,16,23,28-30,33-34,39,51H,1,10,12,14-15,17-22,24-27H2,2-8H3,(H,49,58)/t29-,30-,33-,34-,39-/m0/s1. The topological polar surface area (TPSA) is 194 Å². The van der Waals surface area contributed by atoms with Crippen molar-refractivity contribution in [3.05, 3.63) is 48.4 Å². The predicted molar refractivity (Wildman–Crippen MR) is 238 cm³/mol. The number of carbonyl (C=O) groups is 5. The van der Waals surface area contributed by atoms with E-state index >= 15 is 0 Å². The second-order valence-corrected chi connectivity index (χ2v) is 18.5. The highest BCUT2D eigenvalue weighted by atomic mass is 16.5. The number of ether oxygens (including phenoxy) is 3. The van der Waals surface area contributed by atoms with Crippen molar-refractivity contribution in [1.82, 2.24) is 45.1 Å². The van der Waals surface area contributed by atoms with Crippen LogP contribution in [0.3, 0.4) is 0 Å². The third-order valence-corrected chi connectivity index (χ3v) is 12.9. The number of cyclic esters (lactones) is 1. The number of aromatic nitrogens is 4. The summed E-state index contributed by atoms with van der Waals surface area (Å²) < 4.78 is 20.2. The molecule has 6 bridgehead atoms. The number of aryl methyl sites for hydroxylation is 1. The average molecular weight is 885 g/mol. The Morgan fingerprint density at radius 1 is 1.14 bits per heavy atom. The van der Waals surface area contributed by atoms with Crippen LogP contribution in [0.25, 0.3) is 22.3 Å². The summed E-state index contributed by atoms with van der Waals surface area (Å²) in [6.07, 6.45) is 6.38. The van der Waals surface area contributed by atoms with Gasteiger partial charge in [0.15, 0.2) is 0 Å². The molecule has 18 nitrogen and oxygen atoms in total. The van der Waals surface area contributed by atoms with E-state index in [1.807, 2.05) is 32.2 Å². The van der Waals surface area contributed by atoms with Gasteiger partial charge in [-0.1, -0.05) is 34.3 Å². The molecule has 0 aromatic carbocycles. The van der Waals surface area contributed by atoms with Crippen LogP contribution in [0.1, 0.15) is 71.6 Å². The van der Waals surface area contributed by atoms with E-state index in [-0.39, 0.29) is 37.3 Å². The van der Waals surface area contributed by atoms with Gasteiger partial charge in [-0.25, -0.2) is 15.4 Å². The highest BCUT2D eigenvalue weighted by molar-refractivity contribution is 5.94. The van der Waals surface area contributed by atoms with Gasteiger partial charge in [-0.3, -0.25) is 34.0 Å². The van der Waals surface area contributed by atoms with E-state index in [1.54, 1.807) is 25.3 Å². The largest absolute Gasteiger partial charge is 0.464 e. The maximum absolute atomic E-state index is 14.6. The normalized spacial score (nSPS) is 23.4. The van der Waals surface area contributed by atoms with Crippen LogP contribution < -0.4 is 15.6 Å². The minimum absolute atomic E-state index is 0.0966. The number of morpholine rings is 1. The Bertz CT molecular complexity index is 2240. The fourth-order valence-corrected chi connectivity index (χ4v) is 9.67. The third-order valence-electron chi connectivity index (χ3n) is 12.9. The number of hydrogen-bond acceptors (Lipinski definition) is 13. The number of methoxy groups -OCH3 is 1. The van der Waals surface area contributed by atoms with Crippen LogP contribution in [0.2, 0.25) is 0 Å². The van der Waals surface area contributed by atoms with Gasteiger partial charge < -0.3 is 38.8 Å². The number of carbonyl (C=O) groups excluding carboxylic acids is 5. The number of rotatable bonds is 10. The van der Waals surface area contributed by atoms with Crippen molar-refractivity contribution in [3.63, 3.8) is 0 Å². The van der Waals surface area contributed by atoms with E-state index in [4.69, 9.17) is 29.2 Å². The first-order valence-electron chi connectivity index (χ1n) is 22.5. The Morgan fingerprint density at radius 2 is 1.94 bits per heavy atom. The lowest BCUT2D eigenvalue weighted by Gasteiger charge is -2.39. The van der Waals surface area contributed by atoms with Crippen LogP contribution in [0.15, 0.2) is 37.2 Å². The number of likely N-dealkylation sites (tertiary alicyclic amines) is 1. The first kappa shape index (κ1) is 46.5. The maximum atomic E-state index is 14.6. The van der Waals surface area contributed by atoms with Crippen LogP contribution in [0, 0.1) is 17.3 Å². The summed E-state index contributed by atoms with van der Waals surface area (Å²) in [7, 11) is 3.24. The zero-order valence-electron chi connectivity index (χ0n) is 38.3. The molecule has 0 saturated carbocycles. The highest BCUT2D eigenvalue weighted by Crippen LogP contribution is 2.39. The van der Waals surface area contributed by atoms with Crippen molar-refractivity contribution in [2.24, 2.45) is 17.3 Å². The lowest BCUT2D eigenvalue weighted by Crippen LogP contribution is -2.62. The summed E-state index contributed by atoms with van der Waals surface area (Å²) in [5, 5.41) is 4.43. The third kappa shape index (κ3) is 9.78. The maximum Gasteiger partial charge on any atom is 0.324 e. The Labute approximate surface area is 375 Å². The van der Waals surface area contributed by atoms with Crippen LogP contribution >= 0.6 is 0 Å². The Hall–Kier alpha value is -5.46. The van der Waals surface area contributed by atoms with Crippen molar-refractivity contribution in [2.75, 3.05) is 65.0 Å². The van der Waals surface area contributed by atoms with Crippen molar-refractivity contribution in [1.29, 1.82) is 0 Å². The highest BCUT2D eigenvalue weighted by Gasteiger charge is 2.41. The van der Waals surface area contributed by atoms with Crippen molar-refractivity contribution in [3.8, 4) is 11.3 Å². The number of nitrogens with one attached hydrogen (secondary N) is 2. The predicted octanol–water partition coefficient (Wildman–Crippen LogP) is 2.88. The molecular weight excluding hydrogens is 821 g/mol. The monoisotopic (exact) mass is 884 g/mol. The number of likely N-dealkylation sites (N-methyl/N-ethyl adjacent to an activating group) is 1. The first-order valence-corrected chi connectivity index (χ1v) is 22.5. The van der Waals surface area contributed by atoms with Gasteiger partial charge in [0, 0.05) is 82.6 Å². The molecule has 3 aromatic rings. The van der Waals surface area contributed by atoms with Crippen molar-refractivity contribution in [2.45, 2.75) is 104 Å². The van der Waals surface area contributed by atoms with E-state index < -0.39 is 53.3 Å². The molecular formula is C46H64N10O8. The van der Waals surface area contributed by atoms with Gasteiger partial charge in [0.25, 0.3) is 5.91 Å². The number of hydrogen-bond donors (Lipinski definition) is 2. The molecule has 7 rings (SSSR count). The van der Waals surface area contributed by atoms with E-state index in [1.165, 1.54) is 16.0 Å². The summed E-state index contributed by atoms with van der Waals surface area (Å²) in [5.74, 6) is -2.20.